The Kier molecular flexibility index (Phi) is 18.3. The van der Waals surface area contributed by atoms with Gasteiger partial charge in [0.2, 0.25) is 23.6 Å². The zero-order chi connectivity index (χ0) is 35.3. The maximum absolute atomic E-state index is 12.7. The first-order valence-corrected chi connectivity index (χ1v) is 18.7. The summed E-state index contributed by atoms with van der Waals surface area (Å²) >= 11 is 0. The molecule has 0 spiro atoms. The number of aromatic nitrogens is 1. The third-order valence-corrected chi connectivity index (χ3v) is 9.41. The maximum Gasteiger partial charge on any atom is 0.326 e. The molecule has 6 N–H and O–H groups in total. The zero-order valence-electron chi connectivity index (χ0n) is 29.5. The first kappa shape index (κ1) is 39.5. The summed E-state index contributed by atoms with van der Waals surface area (Å²) in [5, 5.41) is 21.5. The standard InChI is InChI=1S/C38H59N5O6/c1-2-3-4-5-6-7-8-9-10-11-12-13-14-22-34(44)39-25-18-17-21-31-36(46)43-32(37(47)42-31)23-24-35(45)41-33(38(48)49)26-28-27-40-30-20-16-15-19-29(28)30/h15-16,19-20,27,31-33,40H,2-14,17-18,21-26H2,1H3,(H,39,44)(H,41,45)(H,42,47)(H,43,46)(H,48,49)/t31-,32-,33+/m1/s1. The Bertz CT molecular complexity index is 1330. The molecule has 4 amide bonds. The summed E-state index contributed by atoms with van der Waals surface area (Å²) in [7, 11) is 0. The van der Waals surface area contributed by atoms with E-state index in [9.17, 15) is 29.1 Å². The SMILES string of the molecule is CCCCCCCCCCCCCCCC(=O)NCCCC[C@H]1NC(=O)[C@@H](CCC(=O)N[C@@H](Cc2c[nH]c3ccccc23)C(=O)O)NC1=O. The number of piperazine rings is 1. The van der Waals surface area contributed by atoms with E-state index >= 15 is 0 Å². The summed E-state index contributed by atoms with van der Waals surface area (Å²) in [6.07, 6.45) is 20.7. The van der Waals surface area contributed by atoms with Gasteiger partial charge in [0.15, 0.2) is 0 Å². The van der Waals surface area contributed by atoms with E-state index in [2.05, 4.69) is 33.2 Å². The molecule has 11 nitrogen and oxygen atoms in total. The van der Waals surface area contributed by atoms with Crippen LogP contribution < -0.4 is 21.3 Å². The van der Waals surface area contributed by atoms with Crippen LogP contribution in [0, 0.1) is 0 Å². The minimum atomic E-state index is -1.15. The summed E-state index contributed by atoms with van der Waals surface area (Å²) in [4.78, 5) is 65.0. The Hall–Kier alpha value is -3.89. The summed E-state index contributed by atoms with van der Waals surface area (Å²) < 4.78 is 0. The van der Waals surface area contributed by atoms with Crippen LogP contribution in [0.2, 0.25) is 0 Å². The van der Waals surface area contributed by atoms with Crippen molar-refractivity contribution in [3.8, 4) is 0 Å². The van der Waals surface area contributed by atoms with Crippen molar-refractivity contribution in [1.82, 2.24) is 26.3 Å². The molecule has 11 heteroatoms. The number of fused-ring (bicyclic) bond motifs is 1. The molecular formula is C38H59N5O6. The van der Waals surface area contributed by atoms with Gasteiger partial charge in [-0.3, -0.25) is 19.2 Å². The van der Waals surface area contributed by atoms with Crippen LogP contribution in [-0.2, 0) is 30.4 Å². The lowest BCUT2D eigenvalue weighted by Crippen LogP contribution is -2.61. The normalized spacial score (nSPS) is 16.6. The molecule has 0 saturated carbocycles. The van der Waals surface area contributed by atoms with Crippen molar-refractivity contribution in [3.05, 3.63) is 36.0 Å². The van der Waals surface area contributed by atoms with Crippen molar-refractivity contribution in [2.75, 3.05) is 6.54 Å². The van der Waals surface area contributed by atoms with E-state index in [-0.39, 0.29) is 37.0 Å². The molecule has 1 aliphatic heterocycles. The Morgan fingerprint density at radius 1 is 0.735 bits per heavy atom. The second kappa shape index (κ2) is 22.7. The number of benzene rings is 1. The van der Waals surface area contributed by atoms with Gasteiger partial charge in [0, 0.05) is 42.9 Å². The molecule has 3 rings (SSSR count). The van der Waals surface area contributed by atoms with Crippen LogP contribution in [0.1, 0.15) is 134 Å². The van der Waals surface area contributed by atoms with Gasteiger partial charge < -0.3 is 31.4 Å². The average Bonchev–Trinajstić information content (AvgIpc) is 3.49. The largest absolute Gasteiger partial charge is 0.480 e. The van der Waals surface area contributed by atoms with Crippen LogP contribution >= 0.6 is 0 Å². The number of carboxylic acids is 1. The van der Waals surface area contributed by atoms with Gasteiger partial charge in [0.05, 0.1) is 0 Å². The number of H-pyrrole nitrogens is 1. The lowest BCUT2D eigenvalue weighted by Gasteiger charge is -2.29. The average molecular weight is 682 g/mol. The van der Waals surface area contributed by atoms with Crippen molar-refractivity contribution >= 4 is 40.5 Å². The molecule has 2 heterocycles. The van der Waals surface area contributed by atoms with E-state index in [1.807, 2.05) is 24.3 Å². The number of nitrogens with one attached hydrogen (secondary N) is 5. The van der Waals surface area contributed by atoms with Gasteiger partial charge in [0.1, 0.15) is 18.1 Å². The lowest BCUT2D eigenvalue weighted by atomic mass is 10.0. The molecule has 1 fully saturated rings. The molecule has 1 aliphatic rings. The second-order valence-electron chi connectivity index (χ2n) is 13.5. The van der Waals surface area contributed by atoms with E-state index in [1.54, 1.807) is 6.20 Å². The van der Waals surface area contributed by atoms with Gasteiger partial charge in [-0.25, -0.2) is 4.79 Å². The number of hydrogen-bond acceptors (Lipinski definition) is 5. The smallest absolute Gasteiger partial charge is 0.326 e. The molecule has 2 aromatic rings. The Morgan fingerprint density at radius 3 is 1.96 bits per heavy atom. The highest BCUT2D eigenvalue weighted by molar-refractivity contribution is 5.97. The number of rotatable bonds is 26. The number of carbonyl (C=O) groups excluding carboxylic acids is 4. The number of carbonyl (C=O) groups is 5. The van der Waals surface area contributed by atoms with Crippen LogP contribution in [0.4, 0.5) is 0 Å². The van der Waals surface area contributed by atoms with E-state index in [0.717, 1.165) is 29.3 Å². The Morgan fingerprint density at radius 2 is 1.33 bits per heavy atom. The zero-order valence-corrected chi connectivity index (χ0v) is 29.5. The van der Waals surface area contributed by atoms with Gasteiger partial charge in [0.25, 0.3) is 0 Å². The predicted molar refractivity (Wildman–Crippen MR) is 192 cm³/mol. The fourth-order valence-corrected chi connectivity index (χ4v) is 6.44. The van der Waals surface area contributed by atoms with Gasteiger partial charge in [-0.1, -0.05) is 102 Å². The van der Waals surface area contributed by atoms with Crippen LogP contribution in [-0.4, -0.2) is 64.4 Å². The summed E-state index contributed by atoms with van der Waals surface area (Å²) in [6.45, 7) is 2.79. The molecule has 1 aromatic heterocycles. The highest BCUT2D eigenvalue weighted by Crippen LogP contribution is 2.19. The first-order valence-electron chi connectivity index (χ1n) is 18.7. The monoisotopic (exact) mass is 681 g/mol. The number of para-hydroxylation sites is 1. The van der Waals surface area contributed by atoms with Gasteiger partial charge in [-0.15, -0.1) is 0 Å². The van der Waals surface area contributed by atoms with Crippen molar-refractivity contribution in [1.29, 1.82) is 0 Å². The van der Waals surface area contributed by atoms with Crippen LogP contribution in [0.3, 0.4) is 0 Å². The van der Waals surface area contributed by atoms with Gasteiger partial charge >= 0.3 is 5.97 Å². The fraction of sp³-hybridized carbons (Fsp3) is 0.658. The molecule has 3 atom stereocenters. The van der Waals surface area contributed by atoms with Gasteiger partial charge in [-0.05, 0) is 43.7 Å². The van der Waals surface area contributed by atoms with Crippen molar-refractivity contribution in [3.63, 3.8) is 0 Å². The number of amides is 4. The quantitative estimate of drug-likeness (QED) is 0.0685. The number of aromatic amines is 1. The molecule has 1 saturated heterocycles. The van der Waals surface area contributed by atoms with Crippen LogP contribution in [0.5, 0.6) is 0 Å². The minimum absolute atomic E-state index is 0.0564. The number of unbranched alkanes of at least 4 members (excludes halogenated alkanes) is 13. The number of aliphatic carboxylic acids is 1. The second-order valence-corrected chi connectivity index (χ2v) is 13.5. The van der Waals surface area contributed by atoms with E-state index < -0.39 is 30.0 Å². The molecule has 0 unspecified atom stereocenters. The van der Waals surface area contributed by atoms with Gasteiger partial charge in [-0.2, -0.15) is 0 Å². The summed E-state index contributed by atoms with van der Waals surface area (Å²) in [5.41, 5.74) is 1.66. The number of hydrogen-bond donors (Lipinski definition) is 6. The van der Waals surface area contributed by atoms with Crippen molar-refractivity contribution < 1.29 is 29.1 Å². The van der Waals surface area contributed by atoms with E-state index in [1.165, 1.54) is 70.6 Å². The first-order chi connectivity index (χ1) is 23.8. The summed E-state index contributed by atoms with van der Waals surface area (Å²) in [6, 6.07) is 4.87. The van der Waals surface area contributed by atoms with Crippen molar-refractivity contribution in [2.24, 2.45) is 0 Å². The summed E-state index contributed by atoms with van der Waals surface area (Å²) in [5.74, 6) is -2.27. The Balaban J connectivity index is 1.20. The third-order valence-electron chi connectivity index (χ3n) is 9.41. The number of carboxylic acid groups (broad SMARTS) is 1. The van der Waals surface area contributed by atoms with E-state index in [4.69, 9.17) is 0 Å². The highest BCUT2D eigenvalue weighted by Gasteiger charge is 2.33. The molecule has 0 radical (unpaired) electrons. The highest BCUT2D eigenvalue weighted by atomic mass is 16.4. The van der Waals surface area contributed by atoms with Crippen LogP contribution in [0.15, 0.2) is 30.5 Å². The Labute approximate surface area is 291 Å². The molecule has 1 aromatic carbocycles. The lowest BCUT2D eigenvalue weighted by molar-refractivity contribution is -0.142. The topological polar surface area (TPSA) is 169 Å². The molecule has 0 bridgehead atoms. The maximum atomic E-state index is 12.7. The van der Waals surface area contributed by atoms with Crippen LogP contribution in [0.25, 0.3) is 10.9 Å². The molecule has 272 valence electrons. The van der Waals surface area contributed by atoms with E-state index in [0.29, 0.717) is 32.2 Å². The molecular weight excluding hydrogens is 622 g/mol. The molecule has 49 heavy (non-hydrogen) atoms. The minimum Gasteiger partial charge on any atom is -0.480 e. The predicted octanol–water partition coefficient (Wildman–Crippen LogP) is 5.81. The third kappa shape index (κ3) is 15.0. The van der Waals surface area contributed by atoms with Crippen molar-refractivity contribution in [2.45, 2.75) is 153 Å². The molecule has 0 aliphatic carbocycles. The fourth-order valence-electron chi connectivity index (χ4n) is 6.44.